The van der Waals surface area contributed by atoms with E-state index in [0.29, 0.717) is 0 Å². The molecule has 1 heterocycles. The molecule has 1 N–H and O–H groups in total. The molecule has 2 aromatic rings. The Hall–Kier alpha value is -0.840. The van der Waals surface area contributed by atoms with Crippen molar-refractivity contribution < 1.29 is 0 Å². The molecule has 5 heteroatoms. The van der Waals surface area contributed by atoms with Gasteiger partial charge in [-0.15, -0.1) is 0 Å². The summed E-state index contributed by atoms with van der Waals surface area (Å²) in [5.41, 5.74) is 0.967. The van der Waals surface area contributed by atoms with Gasteiger partial charge in [-0.1, -0.05) is 29.9 Å². The van der Waals surface area contributed by atoms with Gasteiger partial charge in [0.05, 0.1) is 10.2 Å². The second kappa shape index (κ2) is 5.67. The first-order chi connectivity index (χ1) is 8.19. The Morgan fingerprint density at radius 3 is 3.06 bits per heavy atom. The molecule has 1 aromatic carbocycles. The van der Waals surface area contributed by atoms with E-state index in [1.165, 1.54) is 4.70 Å². The SMILES string of the molecule is CCN(C)CCNc1nc2cc(Cl)ccc2s1. The summed E-state index contributed by atoms with van der Waals surface area (Å²) in [5.74, 6) is 0. The third-order valence-electron chi connectivity index (χ3n) is 2.66. The molecule has 3 nitrogen and oxygen atoms in total. The lowest BCUT2D eigenvalue weighted by atomic mass is 10.3. The summed E-state index contributed by atoms with van der Waals surface area (Å²) in [4.78, 5) is 6.76. The second-order valence-corrected chi connectivity index (χ2v) is 5.42. The zero-order valence-electron chi connectivity index (χ0n) is 10.0. The highest BCUT2D eigenvalue weighted by Crippen LogP contribution is 2.27. The number of halogens is 1. The Kier molecular flexibility index (Phi) is 4.20. The van der Waals surface area contributed by atoms with E-state index in [0.717, 1.165) is 35.3 Å². The molecule has 0 aliphatic carbocycles. The standard InChI is InChI=1S/C12H16ClN3S/c1-3-16(2)7-6-14-12-15-10-8-9(13)4-5-11(10)17-12/h4-5,8H,3,6-7H2,1-2H3,(H,14,15). The zero-order valence-corrected chi connectivity index (χ0v) is 11.6. The summed E-state index contributed by atoms with van der Waals surface area (Å²) in [6, 6.07) is 5.81. The first-order valence-electron chi connectivity index (χ1n) is 5.67. The third-order valence-corrected chi connectivity index (χ3v) is 3.89. The van der Waals surface area contributed by atoms with Crippen LogP contribution in [0, 0.1) is 0 Å². The van der Waals surface area contributed by atoms with Crippen molar-refractivity contribution in [3.05, 3.63) is 23.2 Å². The molecule has 17 heavy (non-hydrogen) atoms. The van der Waals surface area contributed by atoms with Crippen LogP contribution < -0.4 is 5.32 Å². The number of nitrogens with one attached hydrogen (secondary N) is 1. The minimum Gasteiger partial charge on any atom is -0.360 e. The lowest BCUT2D eigenvalue weighted by Gasteiger charge is -2.13. The quantitative estimate of drug-likeness (QED) is 0.903. The van der Waals surface area contributed by atoms with Crippen molar-refractivity contribution in [2.75, 3.05) is 32.0 Å². The van der Waals surface area contributed by atoms with Gasteiger partial charge >= 0.3 is 0 Å². The maximum absolute atomic E-state index is 5.93. The van der Waals surface area contributed by atoms with Gasteiger partial charge in [-0.05, 0) is 31.8 Å². The average Bonchev–Trinajstić information content (AvgIpc) is 2.70. The molecular formula is C12H16ClN3S. The van der Waals surface area contributed by atoms with Gasteiger partial charge in [0, 0.05) is 18.1 Å². The Balaban J connectivity index is 1.99. The van der Waals surface area contributed by atoms with Crippen molar-refractivity contribution in [2.45, 2.75) is 6.92 Å². The van der Waals surface area contributed by atoms with E-state index in [-0.39, 0.29) is 0 Å². The van der Waals surface area contributed by atoms with Gasteiger partial charge < -0.3 is 10.2 Å². The Morgan fingerprint density at radius 2 is 2.29 bits per heavy atom. The van der Waals surface area contributed by atoms with Crippen LogP contribution in [0.2, 0.25) is 5.02 Å². The molecule has 0 spiro atoms. The molecule has 0 bridgehead atoms. The van der Waals surface area contributed by atoms with Crippen LogP contribution >= 0.6 is 22.9 Å². The minimum atomic E-state index is 0.736. The number of fused-ring (bicyclic) bond motifs is 1. The monoisotopic (exact) mass is 269 g/mol. The summed E-state index contributed by atoms with van der Waals surface area (Å²) in [7, 11) is 2.11. The van der Waals surface area contributed by atoms with Gasteiger partial charge in [0.25, 0.3) is 0 Å². The van der Waals surface area contributed by atoms with Gasteiger partial charge in [-0.25, -0.2) is 4.98 Å². The van der Waals surface area contributed by atoms with Crippen LogP contribution in [0.4, 0.5) is 5.13 Å². The number of hydrogen-bond donors (Lipinski definition) is 1. The molecule has 2 rings (SSSR count). The number of likely N-dealkylation sites (N-methyl/N-ethyl adjacent to an activating group) is 1. The maximum Gasteiger partial charge on any atom is 0.183 e. The molecule has 0 saturated carbocycles. The highest BCUT2D eigenvalue weighted by atomic mass is 35.5. The number of nitrogens with zero attached hydrogens (tertiary/aromatic N) is 2. The second-order valence-electron chi connectivity index (χ2n) is 3.95. The Bertz CT molecular complexity index is 497. The number of rotatable bonds is 5. The van der Waals surface area contributed by atoms with E-state index in [4.69, 9.17) is 11.6 Å². The van der Waals surface area contributed by atoms with Gasteiger partial charge in [-0.2, -0.15) is 0 Å². The Morgan fingerprint density at radius 1 is 1.47 bits per heavy atom. The largest absolute Gasteiger partial charge is 0.360 e. The van der Waals surface area contributed by atoms with E-state index in [1.807, 2.05) is 18.2 Å². The summed E-state index contributed by atoms with van der Waals surface area (Å²) < 4.78 is 1.17. The maximum atomic E-state index is 5.93. The van der Waals surface area contributed by atoms with E-state index in [9.17, 15) is 0 Å². The highest BCUT2D eigenvalue weighted by Gasteiger charge is 2.03. The third kappa shape index (κ3) is 3.31. The van der Waals surface area contributed by atoms with Gasteiger partial charge in [0.2, 0.25) is 0 Å². The van der Waals surface area contributed by atoms with Crippen molar-refractivity contribution in [3.63, 3.8) is 0 Å². The molecule has 1 aromatic heterocycles. The summed E-state index contributed by atoms with van der Waals surface area (Å²) in [6.07, 6.45) is 0. The summed E-state index contributed by atoms with van der Waals surface area (Å²) >= 11 is 7.60. The zero-order chi connectivity index (χ0) is 12.3. The first kappa shape index (κ1) is 12.6. The van der Waals surface area contributed by atoms with Crippen molar-refractivity contribution in [3.8, 4) is 0 Å². The summed E-state index contributed by atoms with van der Waals surface area (Å²) in [6.45, 7) is 5.15. The van der Waals surface area contributed by atoms with E-state index in [2.05, 4.69) is 29.2 Å². The van der Waals surface area contributed by atoms with Crippen LogP contribution in [-0.2, 0) is 0 Å². The fourth-order valence-corrected chi connectivity index (χ4v) is 2.53. The van der Waals surface area contributed by atoms with Crippen LogP contribution in [-0.4, -0.2) is 36.6 Å². The van der Waals surface area contributed by atoms with Crippen LogP contribution in [0.15, 0.2) is 18.2 Å². The molecule has 92 valence electrons. The molecule has 0 saturated heterocycles. The highest BCUT2D eigenvalue weighted by molar-refractivity contribution is 7.22. The van der Waals surface area contributed by atoms with E-state index in [1.54, 1.807) is 11.3 Å². The normalized spacial score (nSPS) is 11.3. The number of benzene rings is 1. The van der Waals surface area contributed by atoms with Crippen molar-refractivity contribution >= 4 is 38.3 Å². The molecule has 0 aliphatic heterocycles. The van der Waals surface area contributed by atoms with Gasteiger partial charge in [-0.3, -0.25) is 0 Å². The topological polar surface area (TPSA) is 28.2 Å². The predicted octanol–water partition coefficient (Wildman–Crippen LogP) is 3.31. The molecule has 0 radical (unpaired) electrons. The fourth-order valence-electron chi connectivity index (χ4n) is 1.49. The minimum absolute atomic E-state index is 0.736. The smallest absolute Gasteiger partial charge is 0.183 e. The number of thiazole rings is 1. The lowest BCUT2D eigenvalue weighted by molar-refractivity contribution is 0.367. The summed E-state index contributed by atoms with van der Waals surface area (Å²) in [5, 5.41) is 5.04. The van der Waals surface area contributed by atoms with Crippen LogP contribution in [0.3, 0.4) is 0 Å². The Labute approximate surface area is 110 Å². The fraction of sp³-hybridized carbons (Fsp3) is 0.417. The average molecular weight is 270 g/mol. The number of aromatic nitrogens is 1. The molecule has 0 fully saturated rings. The number of anilines is 1. The molecule has 0 aliphatic rings. The molecule has 0 unspecified atom stereocenters. The van der Waals surface area contributed by atoms with Gasteiger partial charge in [0.1, 0.15) is 0 Å². The van der Waals surface area contributed by atoms with E-state index >= 15 is 0 Å². The molecule has 0 amide bonds. The van der Waals surface area contributed by atoms with Crippen LogP contribution in [0.25, 0.3) is 10.2 Å². The number of hydrogen-bond acceptors (Lipinski definition) is 4. The molecule has 0 atom stereocenters. The van der Waals surface area contributed by atoms with Crippen molar-refractivity contribution in [1.82, 2.24) is 9.88 Å². The molecular weight excluding hydrogens is 254 g/mol. The van der Waals surface area contributed by atoms with Crippen molar-refractivity contribution in [2.24, 2.45) is 0 Å². The predicted molar refractivity (Wildman–Crippen MR) is 76.3 cm³/mol. The lowest BCUT2D eigenvalue weighted by Crippen LogP contribution is -2.24. The van der Waals surface area contributed by atoms with E-state index < -0.39 is 0 Å². The van der Waals surface area contributed by atoms with Gasteiger partial charge in [0.15, 0.2) is 5.13 Å². The van der Waals surface area contributed by atoms with Crippen molar-refractivity contribution in [1.29, 1.82) is 0 Å². The van der Waals surface area contributed by atoms with Crippen LogP contribution in [0.5, 0.6) is 0 Å². The van der Waals surface area contributed by atoms with Crippen LogP contribution in [0.1, 0.15) is 6.92 Å². The first-order valence-corrected chi connectivity index (χ1v) is 6.87.